The number of rotatable bonds is 7. The predicted octanol–water partition coefficient (Wildman–Crippen LogP) is 6.26. The van der Waals surface area contributed by atoms with Gasteiger partial charge < -0.3 is 5.73 Å². The van der Waals surface area contributed by atoms with Gasteiger partial charge in [0.15, 0.2) is 0 Å². The first-order valence-corrected chi connectivity index (χ1v) is 11.2. The predicted molar refractivity (Wildman–Crippen MR) is 124 cm³/mol. The van der Waals surface area contributed by atoms with Crippen LogP contribution in [0.25, 0.3) is 10.8 Å². The highest BCUT2D eigenvalue weighted by Gasteiger charge is 2.22. The molecule has 0 spiro atoms. The van der Waals surface area contributed by atoms with Crippen molar-refractivity contribution in [1.82, 2.24) is 4.90 Å². The molecule has 1 aliphatic rings. The van der Waals surface area contributed by atoms with Crippen LogP contribution in [0, 0.1) is 11.8 Å². The fourth-order valence-corrected chi connectivity index (χ4v) is 4.77. The number of benzene rings is 3. The third-order valence-corrected chi connectivity index (χ3v) is 6.61. The Morgan fingerprint density at radius 2 is 1.38 bits per heavy atom. The van der Waals surface area contributed by atoms with Crippen LogP contribution in [0.1, 0.15) is 36.8 Å². The number of nitrogens with two attached hydrogens (primary N) is 1. The van der Waals surface area contributed by atoms with Crippen LogP contribution in [0.15, 0.2) is 66.7 Å². The molecule has 0 bridgehead atoms. The molecule has 3 aromatic carbocycles. The van der Waals surface area contributed by atoms with E-state index in [9.17, 15) is 0 Å². The van der Waals surface area contributed by atoms with Gasteiger partial charge in [0, 0.05) is 24.7 Å². The number of hydrogen-bond donors (Lipinski definition) is 1. The fourth-order valence-electron chi connectivity index (χ4n) is 4.64. The van der Waals surface area contributed by atoms with Crippen molar-refractivity contribution in [2.24, 2.45) is 17.6 Å². The summed E-state index contributed by atoms with van der Waals surface area (Å²) in [5.41, 5.74) is 8.60. The molecule has 0 unspecified atom stereocenters. The van der Waals surface area contributed by atoms with E-state index in [-0.39, 0.29) is 0 Å². The maximum Gasteiger partial charge on any atom is 0.0406 e. The molecule has 1 aliphatic carbocycles. The molecule has 0 amide bonds. The third-order valence-electron chi connectivity index (χ3n) is 6.36. The van der Waals surface area contributed by atoms with Crippen molar-refractivity contribution in [2.45, 2.75) is 38.8 Å². The highest BCUT2D eigenvalue weighted by molar-refractivity contribution is 6.30. The quantitative estimate of drug-likeness (QED) is 0.501. The Labute approximate surface area is 179 Å². The number of halogens is 1. The molecule has 0 saturated heterocycles. The lowest BCUT2D eigenvalue weighted by atomic mass is 9.82. The third kappa shape index (κ3) is 5.60. The van der Waals surface area contributed by atoms with Gasteiger partial charge in [0.05, 0.1) is 0 Å². The zero-order chi connectivity index (χ0) is 20.1. The first-order valence-electron chi connectivity index (χ1n) is 10.8. The van der Waals surface area contributed by atoms with Gasteiger partial charge in [-0.15, -0.1) is 0 Å². The van der Waals surface area contributed by atoms with Crippen molar-refractivity contribution in [3.8, 4) is 0 Å². The van der Waals surface area contributed by atoms with Gasteiger partial charge in [-0.1, -0.05) is 60.1 Å². The van der Waals surface area contributed by atoms with E-state index >= 15 is 0 Å². The molecule has 1 fully saturated rings. The van der Waals surface area contributed by atoms with Crippen molar-refractivity contribution in [2.75, 3.05) is 13.1 Å². The second-order valence-corrected chi connectivity index (χ2v) is 9.04. The van der Waals surface area contributed by atoms with Crippen LogP contribution in [0.2, 0.25) is 5.02 Å². The average molecular weight is 407 g/mol. The van der Waals surface area contributed by atoms with Gasteiger partial charge in [0.1, 0.15) is 0 Å². The van der Waals surface area contributed by atoms with Gasteiger partial charge in [0.25, 0.3) is 0 Å². The van der Waals surface area contributed by atoms with E-state index in [0.29, 0.717) is 0 Å². The molecule has 2 nitrogen and oxygen atoms in total. The van der Waals surface area contributed by atoms with Crippen molar-refractivity contribution in [3.63, 3.8) is 0 Å². The smallest absolute Gasteiger partial charge is 0.0406 e. The van der Waals surface area contributed by atoms with E-state index in [1.807, 2.05) is 12.1 Å². The summed E-state index contributed by atoms with van der Waals surface area (Å²) in [6.07, 6.45) is 5.17. The van der Waals surface area contributed by atoms with Gasteiger partial charge in [-0.25, -0.2) is 0 Å². The van der Waals surface area contributed by atoms with Crippen molar-refractivity contribution in [1.29, 1.82) is 0 Å². The molecule has 0 atom stereocenters. The monoisotopic (exact) mass is 406 g/mol. The lowest BCUT2D eigenvalue weighted by Crippen LogP contribution is -2.32. The Balaban J connectivity index is 1.49. The maximum atomic E-state index is 6.09. The van der Waals surface area contributed by atoms with E-state index in [2.05, 4.69) is 59.5 Å². The van der Waals surface area contributed by atoms with Crippen molar-refractivity contribution < 1.29 is 0 Å². The summed E-state index contributed by atoms with van der Waals surface area (Å²) in [6.45, 7) is 3.93. The van der Waals surface area contributed by atoms with Gasteiger partial charge in [0.2, 0.25) is 0 Å². The Morgan fingerprint density at radius 3 is 2.10 bits per heavy atom. The first-order chi connectivity index (χ1) is 14.2. The molecule has 152 valence electrons. The summed E-state index contributed by atoms with van der Waals surface area (Å²) < 4.78 is 0. The lowest BCUT2D eigenvalue weighted by Gasteiger charge is -2.32. The van der Waals surface area contributed by atoms with Gasteiger partial charge in [-0.2, -0.15) is 0 Å². The summed E-state index contributed by atoms with van der Waals surface area (Å²) in [7, 11) is 0. The van der Waals surface area contributed by atoms with E-state index in [4.69, 9.17) is 17.3 Å². The summed E-state index contributed by atoms with van der Waals surface area (Å²) in [5, 5.41) is 3.43. The van der Waals surface area contributed by atoms with Crippen LogP contribution in [0.5, 0.6) is 0 Å². The lowest BCUT2D eigenvalue weighted by molar-refractivity contribution is 0.170. The normalized spacial score (nSPS) is 19.7. The standard InChI is InChI=1S/C26H31ClN2/c27-26-13-10-22(11-14-26)18-29(17-21-7-5-20(16-28)6-8-21)19-23-9-12-24-3-1-2-4-25(24)15-23/h1-4,9-15,20-21H,5-8,16-19,28H2. The zero-order valence-electron chi connectivity index (χ0n) is 17.1. The largest absolute Gasteiger partial charge is 0.330 e. The van der Waals surface area contributed by atoms with Crippen LogP contribution in [0.3, 0.4) is 0 Å². The minimum absolute atomic E-state index is 0.733. The topological polar surface area (TPSA) is 29.3 Å². The minimum Gasteiger partial charge on any atom is -0.330 e. The second kappa shape index (κ2) is 9.75. The molecule has 1 saturated carbocycles. The fraction of sp³-hybridized carbons (Fsp3) is 0.385. The minimum atomic E-state index is 0.733. The molecule has 3 aromatic rings. The van der Waals surface area contributed by atoms with Crippen molar-refractivity contribution in [3.05, 3.63) is 82.9 Å². The molecule has 29 heavy (non-hydrogen) atoms. The van der Waals surface area contributed by atoms with Gasteiger partial charge in [-0.3, -0.25) is 4.90 Å². The zero-order valence-corrected chi connectivity index (χ0v) is 17.8. The Bertz CT molecular complexity index is 913. The van der Waals surface area contributed by atoms with E-state index in [0.717, 1.165) is 43.0 Å². The Kier molecular flexibility index (Phi) is 6.86. The number of nitrogens with zero attached hydrogens (tertiary/aromatic N) is 1. The van der Waals surface area contributed by atoms with Crippen molar-refractivity contribution >= 4 is 22.4 Å². The van der Waals surface area contributed by atoms with Gasteiger partial charge in [-0.05, 0) is 84.2 Å². The highest BCUT2D eigenvalue weighted by Crippen LogP contribution is 2.29. The molecular formula is C26H31ClN2. The van der Waals surface area contributed by atoms with Crippen LogP contribution < -0.4 is 5.73 Å². The average Bonchev–Trinajstić information content (AvgIpc) is 2.76. The molecule has 2 N–H and O–H groups in total. The first kappa shape index (κ1) is 20.4. The van der Waals surface area contributed by atoms with Crippen LogP contribution in [-0.4, -0.2) is 18.0 Å². The summed E-state index contributed by atoms with van der Waals surface area (Å²) in [4.78, 5) is 2.61. The molecule has 0 aliphatic heterocycles. The van der Waals surface area contributed by atoms with E-state index < -0.39 is 0 Å². The maximum absolute atomic E-state index is 6.09. The van der Waals surface area contributed by atoms with Crippen LogP contribution in [0.4, 0.5) is 0 Å². The van der Waals surface area contributed by atoms with Crippen LogP contribution in [-0.2, 0) is 13.1 Å². The Morgan fingerprint density at radius 1 is 0.759 bits per heavy atom. The summed E-state index contributed by atoms with van der Waals surface area (Å²) in [5.74, 6) is 1.50. The number of fused-ring (bicyclic) bond motifs is 1. The highest BCUT2D eigenvalue weighted by atomic mass is 35.5. The molecular weight excluding hydrogens is 376 g/mol. The molecule has 4 rings (SSSR count). The van der Waals surface area contributed by atoms with E-state index in [1.54, 1.807) is 0 Å². The van der Waals surface area contributed by atoms with Crippen LogP contribution >= 0.6 is 11.6 Å². The second-order valence-electron chi connectivity index (χ2n) is 8.60. The molecule has 0 radical (unpaired) electrons. The summed E-state index contributed by atoms with van der Waals surface area (Å²) >= 11 is 6.09. The molecule has 0 aromatic heterocycles. The molecule has 3 heteroatoms. The van der Waals surface area contributed by atoms with Gasteiger partial charge >= 0.3 is 0 Å². The summed E-state index contributed by atoms with van der Waals surface area (Å²) in [6, 6.07) is 23.8. The Hall–Kier alpha value is -1.87. The SMILES string of the molecule is NCC1CCC(CN(Cc2ccc(Cl)cc2)Cc2ccc3ccccc3c2)CC1. The van der Waals surface area contributed by atoms with E-state index in [1.165, 1.54) is 47.6 Å². The number of hydrogen-bond acceptors (Lipinski definition) is 2. The molecule has 0 heterocycles.